The number of hydrogen-bond donors (Lipinski definition) is 0. The van der Waals surface area contributed by atoms with Crippen LogP contribution in [0.5, 0.6) is 0 Å². The molecule has 1 amide bonds. The summed E-state index contributed by atoms with van der Waals surface area (Å²) in [6.45, 7) is 6.19. The summed E-state index contributed by atoms with van der Waals surface area (Å²) in [6, 6.07) is 10.4. The molecule has 1 aromatic rings. The standard InChI is InChI=1S/C16H23NOS/c1-13-8-10-17(11-9-13)16(18)14(2)19-12-15-6-4-3-5-7-15/h3-7,13-14H,8-12H2,1-2H3/t14-/m1/s1. The number of piperidine rings is 1. The summed E-state index contributed by atoms with van der Waals surface area (Å²) in [4.78, 5) is 14.4. The van der Waals surface area contributed by atoms with E-state index in [1.54, 1.807) is 11.8 Å². The molecule has 0 spiro atoms. The number of benzene rings is 1. The van der Waals surface area contributed by atoms with E-state index in [2.05, 4.69) is 31.2 Å². The maximum atomic E-state index is 12.3. The molecule has 0 aromatic heterocycles. The number of carbonyl (C=O) groups excluding carboxylic acids is 1. The second kappa shape index (κ2) is 6.99. The largest absolute Gasteiger partial charge is 0.342 e. The summed E-state index contributed by atoms with van der Waals surface area (Å²) >= 11 is 1.74. The Morgan fingerprint density at radius 2 is 1.95 bits per heavy atom. The summed E-state index contributed by atoms with van der Waals surface area (Å²) in [6.07, 6.45) is 2.31. The Morgan fingerprint density at radius 1 is 1.32 bits per heavy atom. The van der Waals surface area contributed by atoms with Crippen LogP contribution < -0.4 is 0 Å². The Balaban J connectivity index is 1.79. The van der Waals surface area contributed by atoms with E-state index in [1.165, 1.54) is 5.56 Å². The van der Waals surface area contributed by atoms with Crippen LogP contribution in [0.4, 0.5) is 0 Å². The molecule has 104 valence electrons. The van der Waals surface area contributed by atoms with Crippen molar-refractivity contribution in [1.29, 1.82) is 0 Å². The van der Waals surface area contributed by atoms with Crippen LogP contribution in [0.3, 0.4) is 0 Å². The molecule has 0 radical (unpaired) electrons. The molecule has 2 rings (SSSR count). The summed E-state index contributed by atoms with van der Waals surface area (Å²) in [5.41, 5.74) is 1.29. The molecule has 1 saturated heterocycles. The molecule has 3 heteroatoms. The maximum Gasteiger partial charge on any atom is 0.235 e. The van der Waals surface area contributed by atoms with Crippen molar-refractivity contribution in [2.24, 2.45) is 5.92 Å². The van der Waals surface area contributed by atoms with Crippen molar-refractivity contribution in [2.45, 2.75) is 37.7 Å². The number of nitrogens with zero attached hydrogens (tertiary/aromatic N) is 1. The fourth-order valence-electron chi connectivity index (χ4n) is 2.35. The van der Waals surface area contributed by atoms with Gasteiger partial charge in [0.1, 0.15) is 0 Å². The van der Waals surface area contributed by atoms with Crippen LogP contribution in [-0.4, -0.2) is 29.1 Å². The summed E-state index contributed by atoms with van der Waals surface area (Å²) in [7, 11) is 0. The van der Waals surface area contributed by atoms with E-state index in [0.717, 1.165) is 37.6 Å². The van der Waals surface area contributed by atoms with Gasteiger partial charge in [-0.3, -0.25) is 4.79 Å². The van der Waals surface area contributed by atoms with E-state index in [9.17, 15) is 4.79 Å². The van der Waals surface area contributed by atoms with Gasteiger partial charge in [-0.1, -0.05) is 37.3 Å². The molecule has 0 bridgehead atoms. The molecular formula is C16H23NOS. The number of rotatable bonds is 4. The van der Waals surface area contributed by atoms with Crippen LogP contribution >= 0.6 is 11.8 Å². The highest BCUT2D eigenvalue weighted by molar-refractivity contribution is 7.99. The Bertz CT molecular complexity index is 398. The number of amides is 1. The van der Waals surface area contributed by atoms with E-state index in [0.29, 0.717) is 5.91 Å². The van der Waals surface area contributed by atoms with Gasteiger partial charge in [0.2, 0.25) is 5.91 Å². The van der Waals surface area contributed by atoms with Crippen molar-refractivity contribution in [3.8, 4) is 0 Å². The molecule has 1 fully saturated rings. The molecule has 19 heavy (non-hydrogen) atoms. The lowest BCUT2D eigenvalue weighted by Gasteiger charge is -2.32. The van der Waals surface area contributed by atoms with Crippen molar-refractivity contribution in [3.63, 3.8) is 0 Å². The minimum atomic E-state index is 0.0635. The lowest BCUT2D eigenvalue weighted by Crippen LogP contribution is -2.41. The first-order valence-electron chi connectivity index (χ1n) is 7.11. The van der Waals surface area contributed by atoms with Gasteiger partial charge in [0, 0.05) is 18.8 Å². The molecule has 1 aromatic carbocycles. The SMILES string of the molecule is CC1CCN(C(=O)[C@@H](C)SCc2ccccc2)CC1. The third kappa shape index (κ3) is 4.27. The first-order valence-corrected chi connectivity index (χ1v) is 8.16. The second-order valence-corrected chi connectivity index (χ2v) is 6.78. The molecule has 0 aliphatic carbocycles. The van der Waals surface area contributed by atoms with Gasteiger partial charge in [0.25, 0.3) is 0 Å². The summed E-state index contributed by atoms with van der Waals surface area (Å²) in [5.74, 6) is 2.00. The predicted molar refractivity (Wildman–Crippen MR) is 82.2 cm³/mol. The number of carbonyl (C=O) groups is 1. The lowest BCUT2D eigenvalue weighted by atomic mass is 9.99. The Morgan fingerprint density at radius 3 is 2.58 bits per heavy atom. The summed E-state index contributed by atoms with van der Waals surface area (Å²) in [5, 5.41) is 0.0635. The zero-order chi connectivity index (χ0) is 13.7. The van der Waals surface area contributed by atoms with E-state index in [4.69, 9.17) is 0 Å². The minimum Gasteiger partial charge on any atom is -0.342 e. The third-order valence-electron chi connectivity index (χ3n) is 3.79. The smallest absolute Gasteiger partial charge is 0.235 e. The Kier molecular flexibility index (Phi) is 5.32. The van der Waals surface area contributed by atoms with Crippen molar-refractivity contribution >= 4 is 17.7 Å². The van der Waals surface area contributed by atoms with Gasteiger partial charge in [0.05, 0.1) is 5.25 Å². The van der Waals surface area contributed by atoms with Gasteiger partial charge in [-0.15, -0.1) is 11.8 Å². The Hall–Kier alpha value is -0.960. The van der Waals surface area contributed by atoms with Gasteiger partial charge in [-0.2, -0.15) is 0 Å². The predicted octanol–water partition coefficient (Wildman–Crippen LogP) is 3.57. The van der Waals surface area contributed by atoms with Crippen molar-refractivity contribution < 1.29 is 4.79 Å². The number of hydrogen-bond acceptors (Lipinski definition) is 2. The van der Waals surface area contributed by atoms with Crippen LogP contribution in [0, 0.1) is 5.92 Å². The number of likely N-dealkylation sites (tertiary alicyclic amines) is 1. The van der Waals surface area contributed by atoms with E-state index < -0.39 is 0 Å². The van der Waals surface area contributed by atoms with Crippen LogP contribution in [0.15, 0.2) is 30.3 Å². The molecule has 1 aliphatic rings. The van der Waals surface area contributed by atoms with Gasteiger partial charge < -0.3 is 4.90 Å². The molecule has 0 unspecified atom stereocenters. The second-order valence-electron chi connectivity index (χ2n) is 5.45. The molecular weight excluding hydrogens is 254 g/mol. The highest BCUT2D eigenvalue weighted by Crippen LogP contribution is 2.22. The van der Waals surface area contributed by atoms with E-state index >= 15 is 0 Å². The monoisotopic (exact) mass is 277 g/mol. The highest BCUT2D eigenvalue weighted by atomic mass is 32.2. The van der Waals surface area contributed by atoms with Gasteiger partial charge in [0.15, 0.2) is 0 Å². The molecule has 0 saturated carbocycles. The van der Waals surface area contributed by atoms with E-state index in [1.807, 2.05) is 17.9 Å². The molecule has 0 N–H and O–H groups in total. The minimum absolute atomic E-state index is 0.0635. The average Bonchev–Trinajstić information content (AvgIpc) is 2.46. The quantitative estimate of drug-likeness (QED) is 0.838. The summed E-state index contributed by atoms with van der Waals surface area (Å²) < 4.78 is 0. The third-order valence-corrected chi connectivity index (χ3v) is 4.99. The van der Waals surface area contributed by atoms with Gasteiger partial charge in [-0.05, 0) is 31.2 Å². The average molecular weight is 277 g/mol. The van der Waals surface area contributed by atoms with Crippen LogP contribution in [0.1, 0.15) is 32.3 Å². The topological polar surface area (TPSA) is 20.3 Å². The van der Waals surface area contributed by atoms with Crippen molar-refractivity contribution in [1.82, 2.24) is 4.90 Å². The van der Waals surface area contributed by atoms with E-state index in [-0.39, 0.29) is 5.25 Å². The van der Waals surface area contributed by atoms with Crippen LogP contribution in [0.2, 0.25) is 0 Å². The fourth-order valence-corrected chi connectivity index (χ4v) is 3.28. The molecule has 1 aliphatic heterocycles. The highest BCUT2D eigenvalue weighted by Gasteiger charge is 2.24. The van der Waals surface area contributed by atoms with Crippen molar-refractivity contribution in [3.05, 3.63) is 35.9 Å². The van der Waals surface area contributed by atoms with Gasteiger partial charge in [-0.25, -0.2) is 0 Å². The van der Waals surface area contributed by atoms with Gasteiger partial charge >= 0.3 is 0 Å². The first kappa shape index (κ1) is 14.4. The molecule has 2 nitrogen and oxygen atoms in total. The van der Waals surface area contributed by atoms with Crippen LogP contribution in [0.25, 0.3) is 0 Å². The first-order chi connectivity index (χ1) is 9.16. The molecule has 1 atom stereocenters. The van der Waals surface area contributed by atoms with Crippen molar-refractivity contribution in [2.75, 3.05) is 13.1 Å². The maximum absolute atomic E-state index is 12.3. The zero-order valence-electron chi connectivity index (χ0n) is 11.8. The lowest BCUT2D eigenvalue weighted by molar-refractivity contribution is -0.131. The normalized spacial score (nSPS) is 18.3. The van der Waals surface area contributed by atoms with Crippen LogP contribution in [-0.2, 0) is 10.5 Å². The zero-order valence-corrected chi connectivity index (χ0v) is 12.7. The fraction of sp³-hybridized carbons (Fsp3) is 0.562. The number of thioether (sulfide) groups is 1. The molecule has 1 heterocycles. The Labute approximate surface area is 120 Å².